The normalized spacial score (nSPS) is 23.0. The van der Waals surface area contributed by atoms with Gasteiger partial charge >= 0.3 is 0 Å². The van der Waals surface area contributed by atoms with Crippen molar-refractivity contribution in [2.75, 3.05) is 7.11 Å². The van der Waals surface area contributed by atoms with Gasteiger partial charge in [-0.3, -0.25) is 4.79 Å². The maximum absolute atomic E-state index is 13.5. The molecule has 98 valence electrons. The van der Waals surface area contributed by atoms with Crippen molar-refractivity contribution in [3.8, 4) is 5.75 Å². The summed E-state index contributed by atoms with van der Waals surface area (Å²) >= 11 is 0. The topological polar surface area (TPSA) is 58.6 Å². The van der Waals surface area contributed by atoms with Gasteiger partial charge in [0.2, 0.25) is 0 Å². The van der Waals surface area contributed by atoms with Gasteiger partial charge in [-0.15, -0.1) is 0 Å². The predicted octanol–water partition coefficient (Wildman–Crippen LogP) is 1.83. The molecule has 5 heteroatoms. The Bertz CT molecular complexity index is 430. The second kappa shape index (κ2) is 5.35. The van der Waals surface area contributed by atoms with E-state index in [0.717, 1.165) is 25.3 Å². The molecule has 2 N–H and O–H groups in total. The molecule has 1 aliphatic rings. The summed E-state index contributed by atoms with van der Waals surface area (Å²) in [4.78, 5) is 11.9. The number of rotatable bonds is 3. The zero-order valence-corrected chi connectivity index (χ0v) is 10.1. The number of hydrogen-bond donors (Lipinski definition) is 2. The molecule has 1 saturated carbocycles. The average Bonchev–Trinajstić information content (AvgIpc) is 2.76. The summed E-state index contributed by atoms with van der Waals surface area (Å²) < 4.78 is 18.8. The summed E-state index contributed by atoms with van der Waals surface area (Å²) in [7, 11) is 1.59. The number of halogens is 1. The van der Waals surface area contributed by atoms with Gasteiger partial charge in [-0.05, 0) is 31.4 Å². The van der Waals surface area contributed by atoms with E-state index in [1.54, 1.807) is 7.11 Å². The molecule has 2 unspecified atom stereocenters. The lowest BCUT2D eigenvalue weighted by Gasteiger charge is -2.20. The molecule has 1 amide bonds. The standard InChI is InChI=1S/C13H16FNO3/c1-18-11-7-3-5-9(11)15-13(17)12-8(14)4-2-6-10(12)16/h2,4,6,9,11,16H,3,5,7H2,1H3,(H,15,17). The van der Waals surface area contributed by atoms with Crippen molar-refractivity contribution in [2.24, 2.45) is 0 Å². The van der Waals surface area contributed by atoms with Crippen molar-refractivity contribution in [1.29, 1.82) is 0 Å². The van der Waals surface area contributed by atoms with Crippen LogP contribution in [0.25, 0.3) is 0 Å². The van der Waals surface area contributed by atoms with E-state index in [9.17, 15) is 14.3 Å². The van der Waals surface area contributed by atoms with Gasteiger partial charge in [-0.2, -0.15) is 0 Å². The monoisotopic (exact) mass is 253 g/mol. The lowest BCUT2D eigenvalue weighted by molar-refractivity contribution is 0.0718. The minimum atomic E-state index is -0.723. The highest BCUT2D eigenvalue weighted by Crippen LogP contribution is 2.24. The van der Waals surface area contributed by atoms with Crippen molar-refractivity contribution < 1.29 is 19.0 Å². The number of carbonyl (C=O) groups excluding carboxylic acids is 1. The molecule has 0 spiro atoms. The molecule has 1 aromatic rings. The average molecular weight is 253 g/mol. The van der Waals surface area contributed by atoms with Gasteiger partial charge < -0.3 is 15.2 Å². The van der Waals surface area contributed by atoms with Crippen LogP contribution in [0.1, 0.15) is 29.6 Å². The third-order valence-electron chi connectivity index (χ3n) is 3.29. The second-order valence-corrected chi connectivity index (χ2v) is 4.42. The molecule has 0 heterocycles. The number of carbonyl (C=O) groups is 1. The molecule has 0 aromatic heterocycles. The summed E-state index contributed by atoms with van der Waals surface area (Å²) in [6.07, 6.45) is 2.61. The van der Waals surface area contributed by atoms with Gasteiger partial charge in [0.05, 0.1) is 12.1 Å². The van der Waals surface area contributed by atoms with Gasteiger partial charge in [0, 0.05) is 7.11 Å². The van der Waals surface area contributed by atoms with Crippen LogP contribution in [0.3, 0.4) is 0 Å². The molecular formula is C13H16FNO3. The third kappa shape index (κ3) is 2.46. The highest BCUT2D eigenvalue weighted by molar-refractivity contribution is 5.97. The van der Waals surface area contributed by atoms with Crippen LogP contribution in [0.5, 0.6) is 5.75 Å². The van der Waals surface area contributed by atoms with Gasteiger partial charge in [0.15, 0.2) is 0 Å². The molecule has 0 bridgehead atoms. The van der Waals surface area contributed by atoms with Crippen LogP contribution in [0, 0.1) is 5.82 Å². The van der Waals surface area contributed by atoms with Crippen molar-refractivity contribution >= 4 is 5.91 Å². The lowest BCUT2D eigenvalue weighted by Crippen LogP contribution is -2.41. The number of nitrogens with one attached hydrogen (secondary N) is 1. The molecule has 2 atom stereocenters. The van der Waals surface area contributed by atoms with Crippen LogP contribution in [0.2, 0.25) is 0 Å². The Morgan fingerprint density at radius 1 is 1.50 bits per heavy atom. The molecule has 0 aliphatic heterocycles. The molecular weight excluding hydrogens is 237 g/mol. The third-order valence-corrected chi connectivity index (χ3v) is 3.29. The lowest BCUT2D eigenvalue weighted by atomic mass is 10.1. The number of amides is 1. The van der Waals surface area contributed by atoms with E-state index in [4.69, 9.17) is 4.74 Å². The van der Waals surface area contributed by atoms with E-state index in [1.165, 1.54) is 12.1 Å². The summed E-state index contributed by atoms with van der Waals surface area (Å²) in [6, 6.07) is 3.67. The largest absolute Gasteiger partial charge is 0.507 e. The Morgan fingerprint density at radius 3 is 2.94 bits per heavy atom. The maximum atomic E-state index is 13.5. The van der Waals surface area contributed by atoms with E-state index in [0.29, 0.717) is 0 Å². The molecule has 0 radical (unpaired) electrons. The first-order valence-corrected chi connectivity index (χ1v) is 5.94. The van der Waals surface area contributed by atoms with Gasteiger partial charge in [-0.1, -0.05) is 6.07 Å². The first-order chi connectivity index (χ1) is 8.63. The second-order valence-electron chi connectivity index (χ2n) is 4.42. The fraction of sp³-hybridized carbons (Fsp3) is 0.462. The Labute approximate surface area is 105 Å². The van der Waals surface area contributed by atoms with Crippen LogP contribution in [0.15, 0.2) is 18.2 Å². The predicted molar refractivity (Wildman–Crippen MR) is 64.0 cm³/mol. The summed E-state index contributed by atoms with van der Waals surface area (Å²) in [5, 5.41) is 12.2. The number of phenolic OH excluding ortho intramolecular Hbond substituents is 1. The summed E-state index contributed by atoms with van der Waals surface area (Å²) in [6.45, 7) is 0. The Balaban J connectivity index is 2.12. The fourth-order valence-electron chi connectivity index (χ4n) is 2.35. The van der Waals surface area contributed by atoms with E-state index < -0.39 is 11.7 Å². The van der Waals surface area contributed by atoms with E-state index in [-0.39, 0.29) is 23.5 Å². The van der Waals surface area contributed by atoms with Crippen molar-refractivity contribution in [1.82, 2.24) is 5.32 Å². The highest BCUT2D eigenvalue weighted by Gasteiger charge is 2.29. The van der Waals surface area contributed by atoms with Crippen LogP contribution in [0.4, 0.5) is 4.39 Å². The van der Waals surface area contributed by atoms with Crippen LogP contribution in [-0.2, 0) is 4.74 Å². The van der Waals surface area contributed by atoms with Crippen molar-refractivity contribution in [2.45, 2.75) is 31.4 Å². The molecule has 0 saturated heterocycles. The van der Waals surface area contributed by atoms with E-state index in [1.807, 2.05) is 0 Å². The maximum Gasteiger partial charge on any atom is 0.258 e. The van der Waals surface area contributed by atoms with Crippen LogP contribution >= 0.6 is 0 Å². The number of hydrogen-bond acceptors (Lipinski definition) is 3. The van der Waals surface area contributed by atoms with Crippen molar-refractivity contribution in [3.63, 3.8) is 0 Å². The Hall–Kier alpha value is -1.62. The zero-order valence-electron chi connectivity index (χ0n) is 10.1. The Morgan fingerprint density at radius 2 is 2.28 bits per heavy atom. The van der Waals surface area contributed by atoms with Crippen molar-refractivity contribution in [3.05, 3.63) is 29.6 Å². The van der Waals surface area contributed by atoms with E-state index in [2.05, 4.69) is 5.32 Å². The van der Waals surface area contributed by atoms with E-state index >= 15 is 0 Å². The number of aromatic hydroxyl groups is 1. The highest BCUT2D eigenvalue weighted by atomic mass is 19.1. The summed E-state index contributed by atoms with van der Waals surface area (Å²) in [5.74, 6) is -1.67. The number of phenols is 1. The number of methoxy groups -OCH3 is 1. The minimum absolute atomic E-state index is 0.0390. The smallest absolute Gasteiger partial charge is 0.258 e. The molecule has 1 aromatic carbocycles. The van der Waals surface area contributed by atoms with Gasteiger partial charge in [-0.25, -0.2) is 4.39 Å². The zero-order chi connectivity index (χ0) is 13.1. The Kier molecular flexibility index (Phi) is 3.81. The first-order valence-electron chi connectivity index (χ1n) is 5.94. The fourth-order valence-corrected chi connectivity index (χ4v) is 2.35. The SMILES string of the molecule is COC1CCCC1NC(=O)c1c(O)cccc1F. The van der Waals surface area contributed by atoms with Gasteiger partial charge in [0.25, 0.3) is 5.91 Å². The molecule has 4 nitrogen and oxygen atoms in total. The molecule has 2 rings (SSSR count). The first kappa shape index (κ1) is 12.8. The molecule has 1 aliphatic carbocycles. The quantitative estimate of drug-likeness (QED) is 0.864. The van der Waals surface area contributed by atoms with Crippen LogP contribution < -0.4 is 5.32 Å². The molecule has 18 heavy (non-hydrogen) atoms. The van der Waals surface area contributed by atoms with Crippen LogP contribution in [-0.4, -0.2) is 30.3 Å². The molecule has 1 fully saturated rings. The van der Waals surface area contributed by atoms with Gasteiger partial charge in [0.1, 0.15) is 17.1 Å². The number of ether oxygens (including phenoxy) is 1. The minimum Gasteiger partial charge on any atom is -0.507 e. The summed E-state index contributed by atoms with van der Waals surface area (Å²) in [5.41, 5.74) is -0.306. The number of benzene rings is 1.